The topological polar surface area (TPSA) is 49.3 Å². The molecule has 1 atom stereocenters. The molecule has 2 rings (SSSR count). The maximum absolute atomic E-state index is 11.7. The number of nitrogens with one attached hydrogen (secondary N) is 1. The molecule has 1 aromatic rings. The van der Waals surface area contributed by atoms with Crippen LogP contribution in [0, 0.1) is 0 Å². The predicted molar refractivity (Wildman–Crippen MR) is 75.1 cm³/mol. The second-order valence-electron chi connectivity index (χ2n) is 4.61. The lowest BCUT2D eigenvalue weighted by molar-refractivity contribution is -0.121. The van der Waals surface area contributed by atoms with Crippen molar-refractivity contribution in [1.82, 2.24) is 5.32 Å². The summed E-state index contributed by atoms with van der Waals surface area (Å²) >= 11 is 7.50. The van der Waals surface area contributed by atoms with E-state index in [0.717, 1.165) is 17.7 Å². The highest BCUT2D eigenvalue weighted by atomic mass is 35.5. The molecular weight excluding hydrogens is 270 g/mol. The monoisotopic (exact) mass is 285 g/mol. The second-order valence-corrected chi connectivity index (χ2v) is 6.15. The Kier molecular flexibility index (Phi) is 4.54. The van der Waals surface area contributed by atoms with Gasteiger partial charge < -0.3 is 10.4 Å². The van der Waals surface area contributed by atoms with E-state index < -0.39 is 5.60 Å². The van der Waals surface area contributed by atoms with Crippen molar-refractivity contribution in [1.29, 1.82) is 0 Å². The summed E-state index contributed by atoms with van der Waals surface area (Å²) in [6, 6.07) is 7.21. The Morgan fingerprint density at radius 2 is 2.17 bits per heavy atom. The van der Waals surface area contributed by atoms with Gasteiger partial charge in [0.1, 0.15) is 0 Å². The Morgan fingerprint density at radius 3 is 2.78 bits per heavy atom. The van der Waals surface area contributed by atoms with Crippen molar-refractivity contribution in [3.05, 3.63) is 34.9 Å². The van der Waals surface area contributed by atoms with E-state index in [4.69, 9.17) is 11.6 Å². The Hall–Kier alpha value is -0.710. The Morgan fingerprint density at radius 1 is 1.44 bits per heavy atom. The minimum absolute atomic E-state index is 0.0670. The molecule has 18 heavy (non-hydrogen) atoms. The Labute approximate surface area is 116 Å². The number of hydrogen-bond acceptors (Lipinski definition) is 3. The van der Waals surface area contributed by atoms with E-state index in [1.807, 2.05) is 12.1 Å². The number of amides is 1. The molecule has 5 heteroatoms. The van der Waals surface area contributed by atoms with Crippen LogP contribution in [0.4, 0.5) is 0 Å². The van der Waals surface area contributed by atoms with E-state index in [1.54, 1.807) is 23.9 Å². The molecule has 0 aliphatic carbocycles. The molecule has 98 valence electrons. The molecule has 0 spiro atoms. The van der Waals surface area contributed by atoms with Gasteiger partial charge >= 0.3 is 0 Å². The van der Waals surface area contributed by atoms with Gasteiger partial charge in [-0.3, -0.25) is 4.79 Å². The number of hydrogen-bond donors (Lipinski definition) is 2. The zero-order chi connectivity index (χ0) is 13.0. The number of benzene rings is 1. The van der Waals surface area contributed by atoms with Crippen LogP contribution in [0.2, 0.25) is 5.02 Å². The van der Waals surface area contributed by atoms with E-state index in [0.29, 0.717) is 23.7 Å². The Balaban J connectivity index is 1.80. The lowest BCUT2D eigenvalue weighted by Gasteiger charge is -2.21. The van der Waals surface area contributed by atoms with Crippen molar-refractivity contribution in [3.63, 3.8) is 0 Å². The molecule has 0 aromatic heterocycles. The maximum Gasteiger partial charge on any atom is 0.224 e. The van der Waals surface area contributed by atoms with E-state index in [9.17, 15) is 9.90 Å². The van der Waals surface area contributed by atoms with Gasteiger partial charge in [0.25, 0.3) is 0 Å². The van der Waals surface area contributed by atoms with Crippen molar-refractivity contribution in [3.8, 4) is 0 Å². The first-order chi connectivity index (χ1) is 8.57. The second kappa shape index (κ2) is 5.95. The molecule has 1 aromatic carbocycles. The summed E-state index contributed by atoms with van der Waals surface area (Å²) < 4.78 is 0. The first kappa shape index (κ1) is 13.7. The summed E-state index contributed by atoms with van der Waals surface area (Å²) in [6.45, 7) is 0.340. The molecule has 3 nitrogen and oxygen atoms in total. The smallest absolute Gasteiger partial charge is 0.224 e. The summed E-state index contributed by atoms with van der Waals surface area (Å²) in [5.41, 5.74) is 0.199. The molecule has 1 aliphatic heterocycles. The summed E-state index contributed by atoms with van der Waals surface area (Å²) in [5, 5.41) is 13.5. The van der Waals surface area contributed by atoms with Gasteiger partial charge in [-0.2, -0.15) is 11.8 Å². The third kappa shape index (κ3) is 3.90. The van der Waals surface area contributed by atoms with Gasteiger partial charge in [0, 0.05) is 17.3 Å². The van der Waals surface area contributed by atoms with Gasteiger partial charge in [-0.1, -0.05) is 23.7 Å². The summed E-state index contributed by atoms with van der Waals surface area (Å²) in [4.78, 5) is 11.7. The van der Waals surface area contributed by atoms with Crippen LogP contribution in [0.15, 0.2) is 24.3 Å². The van der Waals surface area contributed by atoms with Crippen LogP contribution in [-0.4, -0.2) is 34.7 Å². The molecule has 2 N–H and O–H groups in total. The van der Waals surface area contributed by atoms with Crippen molar-refractivity contribution in [2.75, 3.05) is 18.1 Å². The minimum atomic E-state index is -0.722. The normalized spacial score (nSPS) is 23.0. The van der Waals surface area contributed by atoms with Gasteiger partial charge in [0.15, 0.2) is 0 Å². The van der Waals surface area contributed by atoms with E-state index >= 15 is 0 Å². The van der Waals surface area contributed by atoms with Crippen molar-refractivity contribution >= 4 is 29.3 Å². The first-order valence-corrected chi connectivity index (χ1v) is 7.42. The highest BCUT2D eigenvalue weighted by Crippen LogP contribution is 2.26. The summed E-state index contributed by atoms with van der Waals surface area (Å²) in [5.74, 6) is 1.60. The molecular formula is C13H16ClNO2S. The third-order valence-electron chi connectivity index (χ3n) is 2.98. The molecule has 1 amide bonds. The number of aliphatic hydroxyl groups is 1. The van der Waals surface area contributed by atoms with E-state index in [-0.39, 0.29) is 5.91 Å². The summed E-state index contributed by atoms with van der Waals surface area (Å²) in [7, 11) is 0. The molecule has 0 saturated carbocycles. The zero-order valence-electron chi connectivity index (χ0n) is 9.99. The lowest BCUT2D eigenvalue weighted by atomic mass is 10.0. The number of carbonyl (C=O) groups excluding carboxylic acids is 1. The van der Waals surface area contributed by atoms with Crippen molar-refractivity contribution in [2.45, 2.75) is 18.4 Å². The molecule has 1 heterocycles. The number of rotatable bonds is 4. The molecule has 1 aliphatic rings. The average Bonchev–Trinajstić information content (AvgIpc) is 2.78. The number of halogens is 1. The van der Waals surface area contributed by atoms with Crippen LogP contribution >= 0.6 is 23.4 Å². The van der Waals surface area contributed by atoms with Crippen LogP contribution in [0.3, 0.4) is 0 Å². The van der Waals surface area contributed by atoms with Gasteiger partial charge in [0.2, 0.25) is 5.91 Å². The van der Waals surface area contributed by atoms with E-state index in [1.165, 1.54) is 0 Å². The fourth-order valence-electron chi connectivity index (χ4n) is 1.85. The largest absolute Gasteiger partial charge is 0.387 e. The van der Waals surface area contributed by atoms with Gasteiger partial charge in [-0.25, -0.2) is 0 Å². The van der Waals surface area contributed by atoms with Gasteiger partial charge in [-0.15, -0.1) is 0 Å². The summed E-state index contributed by atoms with van der Waals surface area (Å²) in [6.07, 6.45) is 1.07. The number of thioether (sulfide) groups is 1. The quantitative estimate of drug-likeness (QED) is 0.888. The molecule has 0 bridgehead atoms. The van der Waals surface area contributed by atoms with Crippen LogP contribution < -0.4 is 5.32 Å². The van der Waals surface area contributed by atoms with E-state index in [2.05, 4.69) is 5.32 Å². The van der Waals surface area contributed by atoms with Crippen molar-refractivity contribution in [2.24, 2.45) is 0 Å². The third-order valence-corrected chi connectivity index (χ3v) is 4.46. The first-order valence-electron chi connectivity index (χ1n) is 5.89. The lowest BCUT2D eigenvalue weighted by Crippen LogP contribution is -2.43. The van der Waals surface area contributed by atoms with Crippen LogP contribution in [0.25, 0.3) is 0 Å². The van der Waals surface area contributed by atoms with Gasteiger partial charge in [0.05, 0.1) is 12.0 Å². The predicted octanol–water partition coefficient (Wildman–Crippen LogP) is 1.87. The molecule has 1 fully saturated rings. The SMILES string of the molecule is O=C(Cc1ccc(Cl)cc1)NCC1(O)CCSC1. The minimum Gasteiger partial charge on any atom is -0.387 e. The fraction of sp³-hybridized carbons (Fsp3) is 0.462. The standard InChI is InChI=1S/C13H16ClNO2S/c14-11-3-1-10(2-4-11)7-12(16)15-8-13(17)5-6-18-9-13/h1-4,17H,5-9H2,(H,15,16). The fourth-order valence-corrected chi connectivity index (χ4v) is 3.27. The number of carbonyl (C=O) groups is 1. The maximum atomic E-state index is 11.7. The molecule has 0 radical (unpaired) electrons. The van der Waals surface area contributed by atoms with Crippen LogP contribution in [0.5, 0.6) is 0 Å². The highest BCUT2D eigenvalue weighted by molar-refractivity contribution is 7.99. The molecule has 1 saturated heterocycles. The zero-order valence-corrected chi connectivity index (χ0v) is 11.6. The van der Waals surface area contributed by atoms with Gasteiger partial charge in [-0.05, 0) is 29.9 Å². The Bertz CT molecular complexity index is 416. The average molecular weight is 286 g/mol. The van der Waals surface area contributed by atoms with Crippen molar-refractivity contribution < 1.29 is 9.90 Å². The highest BCUT2D eigenvalue weighted by Gasteiger charge is 2.31. The van der Waals surface area contributed by atoms with Crippen LogP contribution in [0.1, 0.15) is 12.0 Å². The molecule has 1 unspecified atom stereocenters. The van der Waals surface area contributed by atoms with Crippen LogP contribution in [-0.2, 0) is 11.2 Å².